The highest BCUT2D eigenvalue weighted by molar-refractivity contribution is 5.75. The van der Waals surface area contributed by atoms with Crippen molar-refractivity contribution in [2.75, 3.05) is 26.8 Å². The standard InChI is InChI=1S/C15H23N3O3/c1-11-16-6-13(21-11)7-17-14(19)18-8-15(9-18,10-20-2)12-4-3-5-12/h6,12H,3-5,7-10H2,1-2H3,(H,17,19). The number of urea groups is 1. The van der Waals surface area contributed by atoms with Crippen molar-refractivity contribution < 1.29 is 13.9 Å². The van der Waals surface area contributed by atoms with E-state index in [0.717, 1.165) is 25.6 Å². The van der Waals surface area contributed by atoms with E-state index in [4.69, 9.17) is 9.15 Å². The van der Waals surface area contributed by atoms with Crippen LogP contribution in [-0.4, -0.2) is 42.7 Å². The normalized spacial score (nSPS) is 20.8. The molecule has 2 fully saturated rings. The molecular formula is C15H23N3O3. The zero-order valence-corrected chi connectivity index (χ0v) is 12.7. The number of carbonyl (C=O) groups excluding carboxylic acids is 1. The smallest absolute Gasteiger partial charge is 0.317 e. The highest BCUT2D eigenvalue weighted by atomic mass is 16.5. The van der Waals surface area contributed by atoms with Crippen LogP contribution in [0.15, 0.2) is 10.6 Å². The van der Waals surface area contributed by atoms with Crippen molar-refractivity contribution >= 4 is 6.03 Å². The van der Waals surface area contributed by atoms with Crippen LogP contribution in [0, 0.1) is 18.3 Å². The summed E-state index contributed by atoms with van der Waals surface area (Å²) in [7, 11) is 1.75. The van der Waals surface area contributed by atoms with Crippen molar-refractivity contribution in [2.24, 2.45) is 11.3 Å². The van der Waals surface area contributed by atoms with Crippen LogP contribution in [0.4, 0.5) is 4.79 Å². The average molecular weight is 293 g/mol. The molecule has 0 unspecified atom stereocenters. The molecule has 116 valence electrons. The molecule has 1 N–H and O–H groups in total. The molecule has 2 heterocycles. The van der Waals surface area contributed by atoms with Gasteiger partial charge in [0.2, 0.25) is 0 Å². The molecule has 1 saturated carbocycles. The molecule has 1 aliphatic heterocycles. The number of hydrogen-bond donors (Lipinski definition) is 1. The molecule has 0 atom stereocenters. The summed E-state index contributed by atoms with van der Waals surface area (Å²) >= 11 is 0. The van der Waals surface area contributed by atoms with Crippen molar-refractivity contribution in [3.63, 3.8) is 0 Å². The Morgan fingerprint density at radius 2 is 2.33 bits per heavy atom. The van der Waals surface area contributed by atoms with Gasteiger partial charge < -0.3 is 19.4 Å². The van der Waals surface area contributed by atoms with E-state index in [9.17, 15) is 4.79 Å². The van der Waals surface area contributed by atoms with Gasteiger partial charge >= 0.3 is 6.03 Å². The highest BCUT2D eigenvalue weighted by Gasteiger charge is 2.51. The molecule has 6 nitrogen and oxygen atoms in total. The largest absolute Gasteiger partial charge is 0.444 e. The van der Waals surface area contributed by atoms with E-state index in [0.29, 0.717) is 18.2 Å². The van der Waals surface area contributed by atoms with Crippen LogP contribution >= 0.6 is 0 Å². The van der Waals surface area contributed by atoms with E-state index >= 15 is 0 Å². The van der Waals surface area contributed by atoms with Gasteiger partial charge in [-0.05, 0) is 18.8 Å². The summed E-state index contributed by atoms with van der Waals surface area (Å²) in [6.45, 7) is 4.53. The molecular weight excluding hydrogens is 270 g/mol. The van der Waals surface area contributed by atoms with Gasteiger partial charge in [-0.1, -0.05) is 6.42 Å². The minimum absolute atomic E-state index is 0.0323. The lowest BCUT2D eigenvalue weighted by Gasteiger charge is -2.56. The summed E-state index contributed by atoms with van der Waals surface area (Å²) in [6, 6.07) is -0.0323. The lowest BCUT2D eigenvalue weighted by Crippen LogP contribution is -2.66. The van der Waals surface area contributed by atoms with E-state index in [1.807, 2.05) is 4.90 Å². The average Bonchev–Trinajstić information content (AvgIpc) is 2.76. The van der Waals surface area contributed by atoms with Crippen LogP contribution in [0.3, 0.4) is 0 Å². The van der Waals surface area contributed by atoms with Gasteiger partial charge in [0.05, 0.1) is 19.3 Å². The number of likely N-dealkylation sites (tertiary alicyclic amines) is 1. The molecule has 6 heteroatoms. The summed E-state index contributed by atoms with van der Waals surface area (Å²) in [5, 5.41) is 2.88. The number of nitrogens with one attached hydrogen (secondary N) is 1. The minimum atomic E-state index is -0.0323. The second-order valence-corrected chi connectivity index (χ2v) is 6.28. The number of methoxy groups -OCH3 is 1. The maximum atomic E-state index is 12.1. The fourth-order valence-electron chi connectivity index (χ4n) is 3.39. The Bertz CT molecular complexity index is 504. The van der Waals surface area contributed by atoms with Gasteiger partial charge in [-0.25, -0.2) is 9.78 Å². The molecule has 2 amide bonds. The molecule has 1 aromatic rings. The molecule has 0 radical (unpaired) electrons. The Morgan fingerprint density at radius 1 is 1.57 bits per heavy atom. The van der Waals surface area contributed by atoms with Gasteiger partial charge in [0.25, 0.3) is 0 Å². The SMILES string of the molecule is COCC1(C2CCC2)CN(C(=O)NCc2cnc(C)o2)C1. The summed E-state index contributed by atoms with van der Waals surface area (Å²) in [6.07, 6.45) is 5.51. The van der Waals surface area contributed by atoms with Crippen LogP contribution in [0.2, 0.25) is 0 Å². The summed E-state index contributed by atoms with van der Waals surface area (Å²) in [5.41, 5.74) is 0.188. The highest BCUT2D eigenvalue weighted by Crippen LogP contribution is 2.48. The predicted octanol–water partition coefficient (Wildman–Crippen LogP) is 1.94. The molecule has 1 aliphatic carbocycles. The fourth-order valence-corrected chi connectivity index (χ4v) is 3.39. The molecule has 3 rings (SSSR count). The second-order valence-electron chi connectivity index (χ2n) is 6.28. The van der Waals surface area contributed by atoms with E-state index in [1.54, 1.807) is 20.2 Å². The molecule has 1 saturated heterocycles. The quantitative estimate of drug-likeness (QED) is 0.901. The van der Waals surface area contributed by atoms with Crippen LogP contribution in [-0.2, 0) is 11.3 Å². The van der Waals surface area contributed by atoms with Crippen LogP contribution in [0.25, 0.3) is 0 Å². The van der Waals surface area contributed by atoms with E-state index in [-0.39, 0.29) is 11.4 Å². The van der Waals surface area contributed by atoms with Gasteiger partial charge in [-0.2, -0.15) is 0 Å². The Labute approximate surface area is 124 Å². The molecule has 0 bridgehead atoms. The van der Waals surface area contributed by atoms with E-state index < -0.39 is 0 Å². The van der Waals surface area contributed by atoms with Gasteiger partial charge in [0, 0.05) is 32.5 Å². The van der Waals surface area contributed by atoms with Crippen molar-refractivity contribution in [1.29, 1.82) is 0 Å². The third-order valence-corrected chi connectivity index (χ3v) is 4.78. The van der Waals surface area contributed by atoms with E-state index in [2.05, 4.69) is 10.3 Å². The molecule has 0 spiro atoms. The first-order valence-electron chi connectivity index (χ1n) is 7.56. The van der Waals surface area contributed by atoms with Gasteiger partial charge in [0.1, 0.15) is 5.76 Å². The Balaban J connectivity index is 1.48. The van der Waals surface area contributed by atoms with Gasteiger partial charge in [0.15, 0.2) is 5.89 Å². The summed E-state index contributed by atoms with van der Waals surface area (Å²) in [4.78, 5) is 18.0. The maximum absolute atomic E-state index is 12.1. The number of carbonyl (C=O) groups is 1. The molecule has 0 aromatic carbocycles. The number of hydrogen-bond acceptors (Lipinski definition) is 4. The van der Waals surface area contributed by atoms with Crippen molar-refractivity contribution in [2.45, 2.75) is 32.7 Å². The maximum Gasteiger partial charge on any atom is 0.317 e. The second kappa shape index (κ2) is 5.67. The van der Waals surface area contributed by atoms with E-state index in [1.165, 1.54) is 19.3 Å². The van der Waals surface area contributed by atoms with Crippen molar-refractivity contribution in [3.8, 4) is 0 Å². The van der Waals surface area contributed by atoms with Crippen LogP contribution < -0.4 is 5.32 Å². The topological polar surface area (TPSA) is 67.6 Å². The molecule has 21 heavy (non-hydrogen) atoms. The Morgan fingerprint density at radius 3 is 2.86 bits per heavy atom. The fraction of sp³-hybridized carbons (Fsp3) is 0.733. The Hall–Kier alpha value is -1.56. The van der Waals surface area contributed by atoms with Crippen molar-refractivity contribution in [3.05, 3.63) is 17.8 Å². The summed E-state index contributed by atoms with van der Waals surface area (Å²) < 4.78 is 10.7. The Kier molecular flexibility index (Phi) is 3.89. The first-order valence-corrected chi connectivity index (χ1v) is 7.56. The van der Waals surface area contributed by atoms with Crippen LogP contribution in [0.5, 0.6) is 0 Å². The number of rotatable bonds is 5. The lowest BCUT2D eigenvalue weighted by atomic mass is 9.61. The first kappa shape index (κ1) is 14.4. The van der Waals surface area contributed by atoms with Gasteiger partial charge in [-0.15, -0.1) is 0 Å². The predicted molar refractivity (Wildman–Crippen MR) is 76.7 cm³/mol. The number of aromatic nitrogens is 1. The number of oxazole rings is 1. The zero-order chi connectivity index (χ0) is 14.9. The van der Waals surface area contributed by atoms with Crippen molar-refractivity contribution in [1.82, 2.24) is 15.2 Å². The number of aryl methyl sites for hydroxylation is 1. The number of nitrogens with zero attached hydrogens (tertiary/aromatic N) is 2. The zero-order valence-electron chi connectivity index (χ0n) is 12.7. The number of ether oxygens (including phenoxy) is 1. The molecule has 1 aromatic heterocycles. The first-order chi connectivity index (χ1) is 10.1. The van der Waals surface area contributed by atoms with Crippen LogP contribution in [0.1, 0.15) is 30.9 Å². The number of amides is 2. The third-order valence-electron chi connectivity index (χ3n) is 4.78. The lowest BCUT2D eigenvalue weighted by molar-refractivity contribution is -0.0939. The molecule has 2 aliphatic rings. The minimum Gasteiger partial charge on any atom is -0.444 e. The summed E-state index contributed by atoms with van der Waals surface area (Å²) in [5.74, 6) is 2.02. The third kappa shape index (κ3) is 2.77. The van der Waals surface area contributed by atoms with Gasteiger partial charge in [-0.3, -0.25) is 0 Å². The monoisotopic (exact) mass is 293 g/mol.